The lowest BCUT2D eigenvalue weighted by Crippen LogP contribution is -2.14. The van der Waals surface area contributed by atoms with Gasteiger partial charge in [-0.05, 0) is 30.7 Å². The van der Waals surface area contributed by atoms with E-state index in [0.29, 0.717) is 5.78 Å². The molecule has 13 heavy (non-hydrogen) atoms. The molecule has 1 heterocycles. The second kappa shape index (κ2) is 3.88. The Morgan fingerprint density at radius 3 is 3.00 bits per heavy atom. The zero-order valence-corrected chi connectivity index (χ0v) is 8.22. The van der Waals surface area contributed by atoms with E-state index in [4.69, 9.17) is 0 Å². The Morgan fingerprint density at radius 1 is 1.46 bits per heavy atom. The molecule has 0 saturated carbocycles. The van der Waals surface area contributed by atoms with Crippen molar-refractivity contribution in [1.29, 1.82) is 0 Å². The molecule has 0 fully saturated rings. The van der Waals surface area contributed by atoms with Gasteiger partial charge in [0.1, 0.15) is 0 Å². The highest BCUT2D eigenvalue weighted by Gasteiger charge is 2.20. The van der Waals surface area contributed by atoms with Crippen LogP contribution in [-0.2, 0) is 0 Å². The van der Waals surface area contributed by atoms with Crippen LogP contribution in [-0.4, -0.2) is 5.78 Å². The van der Waals surface area contributed by atoms with Crippen LogP contribution in [0.15, 0.2) is 29.7 Å². The quantitative estimate of drug-likeness (QED) is 0.519. The van der Waals surface area contributed by atoms with E-state index in [2.05, 4.69) is 12.2 Å². The van der Waals surface area contributed by atoms with E-state index in [1.807, 2.05) is 17.5 Å². The van der Waals surface area contributed by atoms with E-state index in [-0.39, 0.29) is 5.92 Å². The fourth-order valence-corrected chi connectivity index (χ4v) is 2.40. The Morgan fingerprint density at radius 2 is 2.38 bits per heavy atom. The van der Waals surface area contributed by atoms with Crippen molar-refractivity contribution in [3.8, 4) is 0 Å². The molecule has 1 unspecified atom stereocenters. The predicted octanol–water partition coefficient (Wildman–Crippen LogP) is 3.29. The van der Waals surface area contributed by atoms with Crippen LogP contribution in [0.4, 0.5) is 0 Å². The number of thiophene rings is 1. The minimum Gasteiger partial charge on any atom is -0.293 e. The molecule has 0 N–H and O–H groups in total. The van der Waals surface area contributed by atoms with E-state index in [9.17, 15) is 4.79 Å². The molecule has 2 heteroatoms. The molecule has 0 saturated heterocycles. The van der Waals surface area contributed by atoms with Gasteiger partial charge in [-0.3, -0.25) is 4.79 Å². The minimum absolute atomic E-state index is 0.239. The topological polar surface area (TPSA) is 17.1 Å². The first-order valence-corrected chi connectivity index (χ1v) is 5.48. The van der Waals surface area contributed by atoms with Crippen molar-refractivity contribution in [3.63, 3.8) is 0 Å². The average Bonchev–Trinajstić information content (AvgIpc) is 2.71. The van der Waals surface area contributed by atoms with Crippen LogP contribution < -0.4 is 0 Å². The maximum atomic E-state index is 11.8. The van der Waals surface area contributed by atoms with Gasteiger partial charge in [-0.25, -0.2) is 0 Å². The summed E-state index contributed by atoms with van der Waals surface area (Å²) in [5.41, 5.74) is 0. The highest BCUT2D eigenvalue weighted by Crippen LogP contribution is 2.24. The molecule has 0 radical (unpaired) electrons. The van der Waals surface area contributed by atoms with Crippen molar-refractivity contribution in [2.75, 3.05) is 0 Å². The predicted molar refractivity (Wildman–Crippen MR) is 55.1 cm³/mol. The molecule has 0 bridgehead atoms. The number of ketones is 1. The number of hydrogen-bond donors (Lipinski definition) is 0. The van der Waals surface area contributed by atoms with Crippen molar-refractivity contribution in [2.24, 2.45) is 5.92 Å². The Kier molecular flexibility index (Phi) is 2.60. The summed E-state index contributed by atoms with van der Waals surface area (Å²) in [6, 6.07) is 3.86. The third kappa shape index (κ3) is 1.89. The van der Waals surface area contributed by atoms with E-state index in [1.165, 1.54) is 0 Å². The van der Waals surface area contributed by atoms with Gasteiger partial charge in [0.25, 0.3) is 0 Å². The fourth-order valence-electron chi connectivity index (χ4n) is 1.65. The zero-order valence-electron chi connectivity index (χ0n) is 7.40. The highest BCUT2D eigenvalue weighted by atomic mass is 32.1. The number of Topliss-reactive ketones (excluding diaryl/α,β-unsaturated/α-hetero) is 1. The van der Waals surface area contributed by atoms with Crippen LogP contribution in [0.2, 0.25) is 0 Å². The van der Waals surface area contributed by atoms with Gasteiger partial charge < -0.3 is 0 Å². The summed E-state index contributed by atoms with van der Waals surface area (Å²) in [5.74, 6) is 0.572. The fraction of sp³-hybridized carbons (Fsp3) is 0.364. The van der Waals surface area contributed by atoms with Gasteiger partial charge in [0.15, 0.2) is 5.78 Å². The lowest BCUT2D eigenvalue weighted by Gasteiger charge is -2.14. The molecular weight excluding hydrogens is 180 g/mol. The van der Waals surface area contributed by atoms with Crippen molar-refractivity contribution in [1.82, 2.24) is 0 Å². The Bertz CT molecular complexity index is 311. The third-order valence-electron chi connectivity index (χ3n) is 2.40. The maximum absolute atomic E-state index is 11.8. The second-order valence-corrected chi connectivity index (χ2v) is 4.27. The Balaban J connectivity index is 2.09. The van der Waals surface area contributed by atoms with Gasteiger partial charge >= 0.3 is 0 Å². The van der Waals surface area contributed by atoms with Crippen LogP contribution in [0.1, 0.15) is 28.9 Å². The van der Waals surface area contributed by atoms with E-state index >= 15 is 0 Å². The molecule has 0 amide bonds. The van der Waals surface area contributed by atoms with Gasteiger partial charge in [-0.1, -0.05) is 18.2 Å². The van der Waals surface area contributed by atoms with E-state index in [0.717, 1.165) is 24.1 Å². The number of allylic oxidation sites excluding steroid dienone is 2. The van der Waals surface area contributed by atoms with E-state index < -0.39 is 0 Å². The van der Waals surface area contributed by atoms with Crippen molar-refractivity contribution in [3.05, 3.63) is 34.5 Å². The first-order valence-electron chi connectivity index (χ1n) is 4.60. The molecule has 1 aromatic heterocycles. The van der Waals surface area contributed by atoms with Gasteiger partial charge in [-0.2, -0.15) is 0 Å². The van der Waals surface area contributed by atoms with Crippen LogP contribution >= 0.6 is 11.3 Å². The van der Waals surface area contributed by atoms with Gasteiger partial charge in [0.2, 0.25) is 0 Å². The average molecular weight is 192 g/mol. The summed E-state index contributed by atoms with van der Waals surface area (Å²) in [6.45, 7) is 0. The van der Waals surface area contributed by atoms with Crippen LogP contribution in [0.5, 0.6) is 0 Å². The smallest absolute Gasteiger partial charge is 0.176 e. The molecule has 2 rings (SSSR count). The van der Waals surface area contributed by atoms with E-state index in [1.54, 1.807) is 11.3 Å². The molecule has 0 aliphatic heterocycles. The Hall–Kier alpha value is -0.890. The van der Waals surface area contributed by atoms with Crippen molar-refractivity contribution >= 4 is 17.1 Å². The number of rotatable bonds is 2. The molecule has 1 aliphatic carbocycles. The lowest BCUT2D eigenvalue weighted by molar-refractivity contribution is 0.0916. The SMILES string of the molecule is O=C(c1cccs1)C1CC=CCC1. The second-order valence-electron chi connectivity index (χ2n) is 3.32. The minimum atomic E-state index is 0.239. The standard InChI is InChI=1S/C11H12OS/c12-11(10-7-4-8-13-10)9-5-2-1-3-6-9/h1-2,4,7-9H,3,5-6H2. The van der Waals surface area contributed by atoms with Crippen LogP contribution in [0.25, 0.3) is 0 Å². The lowest BCUT2D eigenvalue weighted by atomic mass is 9.90. The monoisotopic (exact) mass is 192 g/mol. The number of carbonyl (C=O) groups is 1. The Labute approximate surface area is 82.1 Å². The highest BCUT2D eigenvalue weighted by molar-refractivity contribution is 7.12. The van der Waals surface area contributed by atoms with Crippen LogP contribution in [0.3, 0.4) is 0 Å². The summed E-state index contributed by atoms with van der Waals surface area (Å²) in [6.07, 6.45) is 7.30. The molecular formula is C11H12OS. The summed E-state index contributed by atoms with van der Waals surface area (Å²) < 4.78 is 0. The molecule has 1 atom stereocenters. The molecule has 0 aromatic carbocycles. The maximum Gasteiger partial charge on any atom is 0.176 e. The summed E-state index contributed by atoms with van der Waals surface area (Å²) in [4.78, 5) is 12.8. The first kappa shape index (κ1) is 8.70. The molecule has 68 valence electrons. The van der Waals surface area contributed by atoms with Crippen molar-refractivity contribution in [2.45, 2.75) is 19.3 Å². The number of carbonyl (C=O) groups excluding carboxylic acids is 1. The molecule has 1 aliphatic rings. The zero-order chi connectivity index (χ0) is 9.10. The van der Waals surface area contributed by atoms with Gasteiger partial charge in [0, 0.05) is 5.92 Å². The normalized spacial score (nSPS) is 21.7. The number of hydrogen-bond acceptors (Lipinski definition) is 2. The summed E-state index contributed by atoms with van der Waals surface area (Å²) in [7, 11) is 0. The van der Waals surface area contributed by atoms with Gasteiger partial charge in [-0.15, -0.1) is 11.3 Å². The largest absolute Gasteiger partial charge is 0.293 e. The summed E-state index contributed by atoms with van der Waals surface area (Å²) in [5, 5.41) is 1.96. The van der Waals surface area contributed by atoms with Crippen LogP contribution in [0, 0.1) is 5.92 Å². The third-order valence-corrected chi connectivity index (χ3v) is 3.29. The van der Waals surface area contributed by atoms with Crippen molar-refractivity contribution < 1.29 is 4.79 Å². The molecule has 0 spiro atoms. The van der Waals surface area contributed by atoms with Gasteiger partial charge in [0.05, 0.1) is 4.88 Å². The molecule has 1 aromatic rings. The molecule has 1 nitrogen and oxygen atoms in total. The first-order chi connectivity index (χ1) is 6.38. The summed E-state index contributed by atoms with van der Waals surface area (Å²) >= 11 is 1.55.